The third kappa shape index (κ3) is 4.52. The molecule has 1 heterocycles. The molecular formula is C27H27N3O3. The number of aliphatic imine (C=N–C) groups is 1. The Morgan fingerprint density at radius 2 is 1.61 bits per heavy atom. The van der Waals surface area contributed by atoms with Crippen molar-refractivity contribution in [2.45, 2.75) is 6.04 Å². The van der Waals surface area contributed by atoms with Crippen molar-refractivity contribution in [2.75, 3.05) is 27.7 Å². The first kappa shape index (κ1) is 22.3. The van der Waals surface area contributed by atoms with Gasteiger partial charge in [0.15, 0.2) is 0 Å². The summed E-state index contributed by atoms with van der Waals surface area (Å²) in [7, 11) is 5.66. The Morgan fingerprint density at radius 1 is 0.970 bits per heavy atom. The molecule has 1 atom stereocenters. The highest BCUT2D eigenvalue weighted by Gasteiger charge is 2.17. The van der Waals surface area contributed by atoms with Crippen LogP contribution in [0.4, 0.5) is 0 Å². The molecule has 0 spiro atoms. The minimum Gasteiger partial charge on any atom is -0.497 e. The lowest BCUT2D eigenvalue weighted by Crippen LogP contribution is -2.23. The average molecular weight is 442 g/mol. The Kier molecular flexibility index (Phi) is 6.56. The number of para-hydroxylation sites is 1. The maximum absolute atomic E-state index is 13.2. The van der Waals surface area contributed by atoms with Gasteiger partial charge in [-0.25, -0.2) is 4.57 Å². The highest BCUT2D eigenvalue weighted by atomic mass is 16.5. The third-order valence-electron chi connectivity index (χ3n) is 5.74. The van der Waals surface area contributed by atoms with E-state index in [2.05, 4.69) is 9.89 Å². The van der Waals surface area contributed by atoms with Gasteiger partial charge in [0.1, 0.15) is 5.75 Å². The number of hydrogen-bond donors (Lipinski definition) is 1. The van der Waals surface area contributed by atoms with Gasteiger partial charge >= 0.3 is 0 Å². The number of fused-ring (bicyclic) bond motifs is 1. The lowest BCUT2D eigenvalue weighted by atomic mass is 10.1. The van der Waals surface area contributed by atoms with E-state index in [0.29, 0.717) is 28.6 Å². The fraction of sp³-hybridized carbons (Fsp3) is 0.185. The van der Waals surface area contributed by atoms with E-state index in [1.165, 1.54) is 4.57 Å². The van der Waals surface area contributed by atoms with Gasteiger partial charge in [0.2, 0.25) is 5.88 Å². The van der Waals surface area contributed by atoms with Crippen LogP contribution in [0.1, 0.15) is 17.2 Å². The van der Waals surface area contributed by atoms with Crippen LogP contribution in [0.25, 0.3) is 16.5 Å². The topological polar surface area (TPSA) is 67.1 Å². The number of aromatic hydroxyl groups is 1. The second kappa shape index (κ2) is 9.71. The Morgan fingerprint density at radius 3 is 2.24 bits per heavy atom. The second-order valence-electron chi connectivity index (χ2n) is 8.01. The Hall–Kier alpha value is -3.90. The molecule has 4 rings (SSSR count). The molecule has 0 radical (unpaired) electrons. The first-order valence-electron chi connectivity index (χ1n) is 10.7. The number of pyridine rings is 1. The van der Waals surface area contributed by atoms with E-state index < -0.39 is 0 Å². The zero-order valence-corrected chi connectivity index (χ0v) is 19.0. The smallest absolute Gasteiger partial charge is 0.265 e. The predicted molar refractivity (Wildman–Crippen MR) is 133 cm³/mol. The van der Waals surface area contributed by atoms with Crippen molar-refractivity contribution in [1.29, 1.82) is 0 Å². The number of aromatic nitrogens is 1. The van der Waals surface area contributed by atoms with Gasteiger partial charge < -0.3 is 14.7 Å². The molecule has 0 unspecified atom stereocenters. The van der Waals surface area contributed by atoms with E-state index in [4.69, 9.17) is 4.74 Å². The van der Waals surface area contributed by atoms with Crippen molar-refractivity contribution in [3.8, 4) is 17.3 Å². The van der Waals surface area contributed by atoms with E-state index in [9.17, 15) is 9.90 Å². The van der Waals surface area contributed by atoms with Crippen LogP contribution in [0.3, 0.4) is 0 Å². The summed E-state index contributed by atoms with van der Waals surface area (Å²) in [4.78, 5) is 19.9. The molecule has 0 aliphatic heterocycles. The second-order valence-corrected chi connectivity index (χ2v) is 8.01. The number of likely N-dealkylation sites (N-methyl/N-ethyl adjacent to an activating group) is 1. The molecule has 0 aliphatic rings. The number of nitrogens with zero attached hydrogens (tertiary/aromatic N) is 3. The van der Waals surface area contributed by atoms with Crippen LogP contribution in [0, 0.1) is 0 Å². The first-order chi connectivity index (χ1) is 16.0. The van der Waals surface area contributed by atoms with Crippen molar-refractivity contribution in [3.63, 3.8) is 0 Å². The summed E-state index contributed by atoms with van der Waals surface area (Å²) < 4.78 is 6.59. The van der Waals surface area contributed by atoms with Crippen LogP contribution in [0.15, 0.2) is 88.6 Å². The standard InChI is InChI=1S/C27H27N3O3/c1-29(2)25(19-13-15-21(33-3)16-14-19)18-28-17-24-22-11-7-8-12-23(22)26(31)30(27(24)32)20-9-5-4-6-10-20/h4-17,25,32H,18H2,1-3H3/t25-/m1/s1. The molecule has 3 aromatic carbocycles. The SMILES string of the molecule is COc1ccc([C@@H](CN=Cc2c(O)n(-c3ccccc3)c(=O)c3ccccc23)N(C)C)cc1. The van der Waals surface area contributed by atoms with E-state index in [0.717, 1.165) is 11.3 Å². The molecule has 33 heavy (non-hydrogen) atoms. The first-order valence-corrected chi connectivity index (χ1v) is 10.7. The lowest BCUT2D eigenvalue weighted by Gasteiger charge is -2.23. The van der Waals surface area contributed by atoms with Crippen LogP contribution >= 0.6 is 0 Å². The molecular weight excluding hydrogens is 414 g/mol. The minimum atomic E-state index is -0.268. The van der Waals surface area contributed by atoms with Gasteiger partial charge in [-0.1, -0.05) is 48.5 Å². The van der Waals surface area contributed by atoms with Crippen molar-refractivity contribution >= 4 is 17.0 Å². The monoisotopic (exact) mass is 441 g/mol. The van der Waals surface area contributed by atoms with Crippen molar-refractivity contribution in [2.24, 2.45) is 4.99 Å². The van der Waals surface area contributed by atoms with Crippen molar-refractivity contribution in [1.82, 2.24) is 9.47 Å². The van der Waals surface area contributed by atoms with E-state index >= 15 is 0 Å². The summed E-state index contributed by atoms with van der Waals surface area (Å²) in [6.45, 7) is 0.484. The minimum absolute atomic E-state index is 0.0422. The van der Waals surface area contributed by atoms with Gasteiger partial charge in [0, 0.05) is 17.0 Å². The van der Waals surface area contributed by atoms with Gasteiger partial charge in [-0.3, -0.25) is 9.79 Å². The molecule has 0 saturated heterocycles. The maximum Gasteiger partial charge on any atom is 0.265 e. The van der Waals surface area contributed by atoms with Crippen LogP contribution in [-0.2, 0) is 0 Å². The maximum atomic E-state index is 13.2. The highest BCUT2D eigenvalue weighted by molar-refractivity contribution is 6.01. The summed E-state index contributed by atoms with van der Waals surface area (Å²) in [6.07, 6.45) is 1.66. The van der Waals surface area contributed by atoms with Gasteiger partial charge in [-0.15, -0.1) is 0 Å². The van der Waals surface area contributed by atoms with E-state index in [1.54, 1.807) is 31.5 Å². The lowest BCUT2D eigenvalue weighted by molar-refractivity contribution is 0.306. The molecule has 168 valence electrons. The molecule has 0 aliphatic carbocycles. The van der Waals surface area contributed by atoms with E-state index in [-0.39, 0.29) is 17.5 Å². The Bertz CT molecular complexity index is 1330. The molecule has 0 saturated carbocycles. The number of ether oxygens (including phenoxy) is 1. The average Bonchev–Trinajstić information content (AvgIpc) is 2.84. The van der Waals surface area contributed by atoms with Crippen LogP contribution in [0.2, 0.25) is 0 Å². The molecule has 0 fully saturated rings. The Balaban J connectivity index is 1.75. The van der Waals surface area contributed by atoms with Crippen molar-refractivity contribution < 1.29 is 9.84 Å². The molecule has 0 amide bonds. The summed E-state index contributed by atoms with van der Waals surface area (Å²) in [5, 5.41) is 12.3. The van der Waals surface area contributed by atoms with Gasteiger partial charge in [0.05, 0.1) is 30.9 Å². The fourth-order valence-electron chi connectivity index (χ4n) is 3.94. The zero-order valence-electron chi connectivity index (χ0n) is 19.0. The van der Waals surface area contributed by atoms with E-state index in [1.807, 2.05) is 74.8 Å². The predicted octanol–water partition coefficient (Wildman–Crippen LogP) is 4.43. The molecule has 4 aromatic rings. The van der Waals surface area contributed by atoms with Gasteiger partial charge in [-0.05, 0) is 50.0 Å². The summed E-state index contributed by atoms with van der Waals surface area (Å²) in [6, 6.07) is 24.4. The quantitative estimate of drug-likeness (QED) is 0.431. The highest BCUT2D eigenvalue weighted by Crippen LogP contribution is 2.26. The van der Waals surface area contributed by atoms with Crippen LogP contribution in [0.5, 0.6) is 11.6 Å². The summed E-state index contributed by atoms with van der Waals surface area (Å²) in [5.41, 5.74) is 1.96. The van der Waals surface area contributed by atoms with Gasteiger partial charge in [0.25, 0.3) is 5.56 Å². The largest absolute Gasteiger partial charge is 0.497 e. The molecule has 6 nitrogen and oxygen atoms in total. The number of hydrogen-bond acceptors (Lipinski definition) is 5. The fourth-order valence-corrected chi connectivity index (χ4v) is 3.94. The van der Waals surface area contributed by atoms with Crippen LogP contribution < -0.4 is 10.3 Å². The number of methoxy groups -OCH3 is 1. The zero-order chi connectivity index (χ0) is 23.4. The number of rotatable bonds is 7. The normalized spacial score (nSPS) is 12.5. The summed E-state index contributed by atoms with van der Waals surface area (Å²) >= 11 is 0. The van der Waals surface area contributed by atoms with Crippen LogP contribution in [-0.4, -0.2) is 48.5 Å². The van der Waals surface area contributed by atoms with Crippen molar-refractivity contribution in [3.05, 3.63) is 100 Å². The molecule has 0 bridgehead atoms. The number of benzene rings is 3. The molecule has 1 N–H and O–H groups in total. The Labute approximate surface area is 193 Å². The summed E-state index contributed by atoms with van der Waals surface area (Å²) in [5.74, 6) is 0.679. The molecule has 6 heteroatoms. The van der Waals surface area contributed by atoms with Gasteiger partial charge in [-0.2, -0.15) is 0 Å². The molecule has 1 aromatic heterocycles. The third-order valence-corrected chi connectivity index (χ3v) is 5.74.